The zero-order chi connectivity index (χ0) is 47.5. The van der Waals surface area contributed by atoms with E-state index >= 15 is 0 Å². The Bertz CT molecular complexity index is 1640. The second-order valence-electron chi connectivity index (χ2n) is 18.7. The van der Waals surface area contributed by atoms with Crippen LogP contribution in [0.1, 0.15) is 108 Å². The van der Waals surface area contributed by atoms with Crippen molar-refractivity contribution in [3.05, 3.63) is 30.3 Å². The maximum absolute atomic E-state index is 13.5. The van der Waals surface area contributed by atoms with Crippen LogP contribution >= 0.6 is 0 Å². The Hall–Kier alpha value is -1.88. The van der Waals surface area contributed by atoms with Crippen LogP contribution in [-0.4, -0.2) is 152 Å². The molecule has 17 nitrogen and oxygen atoms in total. The van der Waals surface area contributed by atoms with E-state index in [1.54, 1.807) is 66.9 Å². The summed E-state index contributed by atoms with van der Waals surface area (Å²) in [5.74, 6) is -2.23. The van der Waals surface area contributed by atoms with Crippen molar-refractivity contribution in [2.45, 2.75) is 191 Å². The van der Waals surface area contributed by atoms with Crippen LogP contribution < -0.4 is 4.72 Å². The molecule has 366 valence electrons. The lowest BCUT2D eigenvalue weighted by atomic mass is 9.74. The molecule has 1 aromatic carbocycles. The van der Waals surface area contributed by atoms with E-state index in [-0.39, 0.29) is 43.5 Å². The molecule has 2 aliphatic rings. The van der Waals surface area contributed by atoms with E-state index in [9.17, 15) is 34.0 Å². The smallest absolute Gasteiger partial charge is 0.240 e. The van der Waals surface area contributed by atoms with Crippen molar-refractivity contribution in [3.63, 3.8) is 0 Å². The average molecular weight is 921 g/mol. The first-order valence-corrected chi connectivity index (χ1v) is 23.8. The van der Waals surface area contributed by atoms with Gasteiger partial charge in [-0.05, 0) is 71.9 Å². The highest BCUT2D eigenvalue weighted by Gasteiger charge is 2.51. The molecule has 0 radical (unpaired) electrons. The second kappa shape index (κ2) is 24.2. The molecule has 2 saturated heterocycles. The molecule has 16 atom stereocenters. The Labute approximate surface area is 376 Å². The first kappa shape index (κ1) is 55.4. The van der Waals surface area contributed by atoms with Crippen LogP contribution in [0.5, 0.6) is 0 Å². The highest BCUT2D eigenvalue weighted by Crippen LogP contribution is 2.40. The summed E-state index contributed by atoms with van der Waals surface area (Å²) in [6.07, 6.45) is -7.73. The third kappa shape index (κ3) is 15.1. The number of hydrogen-bond acceptors (Lipinski definition) is 16. The van der Waals surface area contributed by atoms with Gasteiger partial charge in [-0.25, -0.2) is 13.1 Å². The monoisotopic (exact) mass is 921 g/mol. The first-order valence-electron chi connectivity index (χ1n) is 22.3. The fourth-order valence-corrected chi connectivity index (χ4v) is 10.4. The average Bonchev–Trinajstić information content (AvgIpc) is 3.21. The number of methoxy groups -OCH3 is 2. The van der Waals surface area contributed by atoms with Gasteiger partial charge < -0.3 is 63.5 Å². The van der Waals surface area contributed by atoms with E-state index in [1.807, 2.05) is 34.6 Å². The summed E-state index contributed by atoms with van der Waals surface area (Å²) in [5.41, 5.74) is -3.87. The maximum atomic E-state index is 13.5. The summed E-state index contributed by atoms with van der Waals surface area (Å²) in [6.45, 7) is 20.0. The molecule has 0 aromatic heterocycles. The quantitative estimate of drug-likeness (QED) is 0.0332. The van der Waals surface area contributed by atoms with E-state index in [0.29, 0.717) is 25.2 Å². The van der Waals surface area contributed by atoms with E-state index in [0.717, 1.165) is 0 Å². The molecule has 18 heteroatoms. The van der Waals surface area contributed by atoms with Crippen molar-refractivity contribution < 1.29 is 71.9 Å². The van der Waals surface area contributed by atoms with E-state index < -0.39 is 106 Å². The van der Waals surface area contributed by atoms with Crippen LogP contribution in [0.4, 0.5) is 0 Å². The largest absolute Gasteiger partial charge is 0.389 e. The molecule has 0 aliphatic carbocycles. The SMILES string of the molecule is CCCC(C)(O)C(O)C(C)C(=NOCOCCOC)C(C)CC(C)(O)C(O[C@@H]1O[C@H](C)C[C@H](NS(=O)(=O)c2ccccc2)[C@H]1O)C(C)C(O[C@H]1C[C@@](C)(OC)[C@@H](O)[C@H](C)O1)C(C)C. The van der Waals surface area contributed by atoms with Gasteiger partial charge in [0.2, 0.25) is 16.8 Å². The molecule has 3 rings (SSSR count). The lowest BCUT2D eigenvalue weighted by Crippen LogP contribution is -2.60. The molecular weight excluding hydrogens is 841 g/mol. The second-order valence-corrected chi connectivity index (χ2v) is 20.5. The van der Waals surface area contributed by atoms with Crippen LogP contribution in [0.15, 0.2) is 40.4 Å². The van der Waals surface area contributed by atoms with E-state index in [4.69, 9.17) is 38.0 Å². The van der Waals surface area contributed by atoms with Gasteiger partial charge in [-0.15, -0.1) is 0 Å². The van der Waals surface area contributed by atoms with Gasteiger partial charge in [0.25, 0.3) is 0 Å². The number of nitrogens with zero attached hydrogens (tertiary/aromatic N) is 1. The number of sulfonamides is 1. The van der Waals surface area contributed by atoms with Crippen molar-refractivity contribution in [2.24, 2.45) is 28.8 Å². The number of nitrogens with one attached hydrogen (secondary N) is 1. The van der Waals surface area contributed by atoms with Crippen LogP contribution in [0, 0.1) is 23.7 Å². The van der Waals surface area contributed by atoms with Crippen LogP contribution in [0.2, 0.25) is 0 Å². The minimum atomic E-state index is -4.05. The zero-order valence-corrected chi connectivity index (χ0v) is 40.6. The third-order valence-corrected chi connectivity index (χ3v) is 14.1. The highest BCUT2D eigenvalue weighted by molar-refractivity contribution is 7.89. The highest BCUT2D eigenvalue weighted by atomic mass is 32.2. The molecule has 0 amide bonds. The molecule has 0 bridgehead atoms. The lowest BCUT2D eigenvalue weighted by Gasteiger charge is -2.48. The van der Waals surface area contributed by atoms with Gasteiger partial charge in [0.1, 0.15) is 12.2 Å². The molecule has 2 fully saturated rings. The Morgan fingerprint density at radius 3 is 2.24 bits per heavy atom. The van der Waals surface area contributed by atoms with Gasteiger partial charge in [-0.2, -0.15) is 0 Å². The predicted molar refractivity (Wildman–Crippen MR) is 236 cm³/mol. The number of aliphatic hydroxyl groups is 5. The van der Waals surface area contributed by atoms with Gasteiger partial charge in [-0.1, -0.05) is 71.3 Å². The van der Waals surface area contributed by atoms with Crippen LogP contribution in [-0.2, 0) is 48.0 Å². The molecule has 8 unspecified atom stereocenters. The summed E-state index contributed by atoms with van der Waals surface area (Å²) in [6, 6.07) is 6.82. The topological polar surface area (TPSA) is 234 Å². The molecular formula is C45H80N2O15S. The summed E-state index contributed by atoms with van der Waals surface area (Å²) >= 11 is 0. The van der Waals surface area contributed by atoms with Gasteiger partial charge in [-0.3, -0.25) is 0 Å². The molecule has 2 aliphatic heterocycles. The van der Waals surface area contributed by atoms with Gasteiger partial charge >= 0.3 is 0 Å². The lowest BCUT2D eigenvalue weighted by molar-refractivity contribution is -0.315. The number of benzene rings is 1. The van der Waals surface area contributed by atoms with Gasteiger partial charge in [0.05, 0.1) is 77.2 Å². The summed E-state index contributed by atoms with van der Waals surface area (Å²) in [5, 5.41) is 62.8. The Balaban J connectivity index is 2.07. The number of aliphatic hydroxyl groups excluding tert-OH is 3. The summed E-state index contributed by atoms with van der Waals surface area (Å²) in [7, 11) is -0.984. The van der Waals surface area contributed by atoms with Crippen molar-refractivity contribution in [2.75, 3.05) is 34.2 Å². The Morgan fingerprint density at radius 2 is 1.65 bits per heavy atom. The van der Waals surface area contributed by atoms with Crippen molar-refractivity contribution in [1.82, 2.24) is 4.72 Å². The molecule has 2 heterocycles. The van der Waals surface area contributed by atoms with E-state index in [2.05, 4.69) is 9.88 Å². The third-order valence-electron chi connectivity index (χ3n) is 12.6. The van der Waals surface area contributed by atoms with Gasteiger partial charge in [0, 0.05) is 38.4 Å². The van der Waals surface area contributed by atoms with Crippen molar-refractivity contribution in [3.8, 4) is 0 Å². The summed E-state index contributed by atoms with van der Waals surface area (Å²) in [4.78, 5) is 5.62. The maximum Gasteiger partial charge on any atom is 0.240 e. The molecule has 0 saturated carbocycles. The summed E-state index contributed by atoms with van der Waals surface area (Å²) < 4.78 is 71.7. The zero-order valence-electron chi connectivity index (χ0n) is 39.8. The minimum absolute atomic E-state index is 0.0315. The van der Waals surface area contributed by atoms with Gasteiger partial charge in [0.15, 0.2) is 12.6 Å². The number of ether oxygens (including phenoxy) is 7. The molecule has 63 heavy (non-hydrogen) atoms. The molecule has 1 aromatic rings. The fraction of sp³-hybridized carbons (Fsp3) is 0.844. The minimum Gasteiger partial charge on any atom is -0.389 e. The number of rotatable bonds is 26. The predicted octanol–water partition coefficient (Wildman–Crippen LogP) is 4.11. The number of hydrogen-bond donors (Lipinski definition) is 6. The normalized spacial score (nSPS) is 31.0. The number of oxime groups is 1. The van der Waals surface area contributed by atoms with Crippen LogP contribution in [0.25, 0.3) is 0 Å². The Morgan fingerprint density at radius 1 is 1.00 bits per heavy atom. The van der Waals surface area contributed by atoms with E-state index in [1.165, 1.54) is 19.2 Å². The van der Waals surface area contributed by atoms with Crippen molar-refractivity contribution in [1.29, 1.82) is 0 Å². The Kier molecular flexibility index (Phi) is 21.3. The molecule has 0 spiro atoms. The fourth-order valence-electron chi connectivity index (χ4n) is 9.12. The molecule has 6 N–H and O–H groups in total. The van der Waals surface area contributed by atoms with Crippen molar-refractivity contribution >= 4 is 15.7 Å². The first-order chi connectivity index (χ1) is 29.3. The van der Waals surface area contributed by atoms with Crippen LogP contribution in [0.3, 0.4) is 0 Å². The standard InChI is InChI=1S/C45H80N2O15S/c1-14-20-43(9,51)39(49)30(6)36(46-58-26-57-22-21-55-12)28(4)24-44(10,52)41(31(7)38(27(2)3)61-35-25-45(11,56-13)40(50)32(8)60-35)62-42-37(48)34(23-29(5)59-42)47-63(53,54)33-18-16-15-17-19-33/h15-19,27-32,34-35,37-42,47-52H,14,20-26H2,1-13H3/t28?,29-,30?,31?,32+,34+,35+,37-,38?,39?,40+,41?,42+,43?,44?,45-/m1/s1.